The molecular formula is C10H21NO3. The van der Waals surface area contributed by atoms with E-state index in [-0.39, 0.29) is 18.0 Å². The van der Waals surface area contributed by atoms with Gasteiger partial charge in [-0.1, -0.05) is 20.8 Å². The highest BCUT2D eigenvalue weighted by Gasteiger charge is 2.11. The summed E-state index contributed by atoms with van der Waals surface area (Å²) in [5.74, 6) is -0.301. The van der Waals surface area contributed by atoms with E-state index in [4.69, 9.17) is 9.47 Å². The number of ether oxygens (including phenoxy) is 2. The summed E-state index contributed by atoms with van der Waals surface area (Å²) < 4.78 is 10.1. The van der Waals surface area contributed by atoms with Crippen LogP contribution in [0, 0.1) is 5.41 Å². The topological polar surface area (TPSA) is 47.6 Å². The van der Waals surface area contributed by atoms with Crippen molar-refractivity contribution in [3.63, 3.8) is 0 Å². The Labute approximate surface area is 86.0 Å². The average molecular weight is 203 g/mol. The molecular weight excluding hydrogens is 182 g/mol. The second-order valence-corrected chi connectivity index (χ2v) is 4.38. The number of nitrogens with one attached hydrogen (secondary N) is 1. The summed E-state index contributed by atoms with van der Waals surface area (Å²) in [6.45, 7) is 7.84. The van der Waals surface area contributed by atoms with E-state index < -0.39 is 0 Å². The molecule has 0 amide bonds. The standard InChI is InChI=1S/C10H21NO3/c1-10(2,3)8-13-7-9(12)14-6-5-11-4/h11H,5-8H2,1-4H3. The molecule has 0 saturated carbocycles. The van der Waals surface area contributed by atoms with Crippen LogP contribution < -0.4 is 5.32 Å². The molecule has 0 atom stereocenters. The first-order chi connectivity index (χ1) is 6.45. The van der Waals surface area contributed by atoms with Crippen LogP contribution in [0.5, 0.6) is 0 Å². The number of likely N-dealkylation sites (N-methyl/N-ethyl adjacent to an activating group) is 1. The van der Waals surface area contributed by atoms with Crippen LogP contribution >= 0.6 is 0 Å². The molecule has 0 aromatic rings. The predicted molar refractivity (Wildman–Crippen MR) is 55.2 cm³/mol. The quantitative estimate of drug-likeness (QED) is 0.512. The first-order valence-electron chi connectivity index (χ1n) is 4.83. The number of carbonyl (C=O) groups is 1. The molecule has 84 valence electrons. The fraction of sp³-hybridized carbons (Fsp3) is 0.900. The summed E-state index contributed by atoms with van der Waals surface area (Å²) in [5, 5.41) is 2.89. The monoisotopic (exact) mass is 203 g/mol. The molecule has 0 bridgehead atoms. The highest BCUT2D eigenvalue weighted by Crippen LogP contribution is 2.12. The van der Waals surface area contributed by atoms with E-state index in [0.717, 1.165) is 0 Å². The molecule has 0 aromatic carbocycles. The lowest BCUT2D eigenvalue weighted by atomic mass is 9.99. The normalized spacial score (nSPS) is 11.4. The van der Waals surface area contributed by atoms with Crippen molar-refractivity contribution in [2.45, 2.75) is 20.8 Å². The molecule has 0 heterocycles. The van der Waals surface area contributed by atoms with Crippen molar-refractivity contribution in [3.8, 4) is 0 Å². The SMILES string of the molecule is CNCCOC(=O)COCC(C)(C)C. The summed E-state index contributed by atoms with van der Waals surface area (Å²) in [7, 11) is 1.81. The van der Waals surface area contributed by atoms with E-state index in [0.29, 0.717) is 19.8 Å². The Kier molecular flexibility index (Phi) is 6.49. The Morgan fingerprint density at radius 1 is 1.36 bits per heavy atom. The minimum Gasteiger partial charge on any atom is -0.463 e. The lowest BCUT2D eigenvalue weighted by Gasteiger charge is -2.17. The maximum absolute atomic E-state index is 11.0. The van der Waals surface area contributed by atoms with Gasteiger partial charge in [0.25, 0.3) is 0 Å². The third-order valence-electron chi connectivity index (χ3n) is 1.37. The molecule has 0 unspecified atom stereocenters. The molecule has 0 aromatic heterocycles. The van der Waals surface area contributed by atoms with Crippen LogP contribution in [-0.4, -0.2) is 39.4 Å². The van der Waals surface area contributed by atoms with Gasteiger partial charge < -0.3 is 14.8 Å². The number of hydrogen-bond donors (Lipinski definition) is 1. The Hall–Kier alpha value is -0.610. The first-order valence-corrected chi connectivity index (χ1v) is 4.83. The fourth-order valence-corrected chi connectivity index (χ4v) is 0.749. The zero-order valence-corrected chi connectivity index (χ0v) is 9.55. The Morgan fingerprint density at radius 2 is 2.00 bits per heavy atom. The summed E-state index contributed by atoms with van der Waals surface area (Å²) in [6, 6.07) is 0. The van der Waals surface area contributed by atoms with Crippen LogP contribution in [0.2, 0.25) is 0 Å². The first kappa shape index (κ1) is 13.4. The van der Waals surface area contributed by atoms with Crippen molar-refractivity contribution in [1.82, 2.24) is 5.32 Å². The van der Waals surface area contributed by atoms with Gasteiger partial charge in [-0.05, 0) is 12.5 Å². The number of rotatable bonds is 6. The summed E-state index contributed by atoms with van der Waals surface area (Å²) in [6.07, 6.45) is 0. The van der Waals surface area contributed by atoms with Gasteiger partial charge in [0.1, 0.15) is 13.2 Å². The van der Waals surface area contributed by atoms with Gasteiger partial charge in [-0.15, -0.1) is 0 Å². The zero-order chi connectivity index (χ0) is 11.0. The van der Waals surface area contributed by atoms with Crippen molar-refractivity contribution in [2.24, 2.45) is 5.41 Å². The molecule has 0 fully saturated rings. The fourth-order valence-electron chi connectivity index (χ4n) is 0.749. The Bertz CT molecular complexity index is 163. The van der Waals surface area contributed by atoms with Gasteiger partial charge in [-0.25, -0.2) is 4.79 Å². The minimum absolute atomic E-state index is 0.0426. The lowest BCUT2D eigenvalue weighted by Crippen LogP contribution is -2.22. The van der Waals surface area contributed by atoms with Gasteiger partial charge in [0, 0.05) is 6.54 Å². The number of hydrogen-bond acceptors (Lipinski definition) is 4. The average Bonchev–Trinajstić information content (AvgIpc) is 2.02. The van der Waals surface area contributed by atoms with Gasteiger partial charge in [0.2, 0.25) is 0 Å². The third-order valence-corrected chi connectivity index (χ3v) is 1.37. The van der Waals surface area contributed by atoms with Gasteiger partial charge in [-0.2, -0.15) is 0 Å². The summed E-state index contributed by atoms with van der Waals surface area (Å²) >= 11 is 0. The van der Waals surface area contributed by atoms with E-state index in [1.165, 1.54) is 0 Å². The van der Waals surface area contributed by atoms with Crippen molar-refractivity contribution in [3.05, 3.63) is 0 Å². The van der Waals surface area contributed by atoms with E-state index in [9.17, 15) is 4.79 Å². The maximum Gasteiger partial charge on any atom is 0.332 e. The largest absolute Gasteiger partial charge is 0.463 e. The molecule has 14 heavy (non-hydrogen) atoms. The van der Waals surface area contributed by atoms with Crippen LogP contribution in [0.1, 0.15) is 20.8 Å². The van der Waals surface area contributed by atoms with Gasteiger partial charge in [0.05, 0.1) is 6.61 Å². The molecule has 0 radical (unpaired) electrons. The van der Waals surface area contributed by atoms with Crippen LogP contribution in [-0.2, 0) is 14.3 Å². The van der Waals surface area contributed by atoms with Crippen molar-refractivity contribution in [2.75, 3.05) is 33.4 Å². The van der Waals surface area contributed by atoms with Crippen LogP contribution in [0.3, 0.4) is 0 Å². The minimum atomic E-state index is -0.301. The van der Waals surface area contributed by atoms with Crippen molar-refractivity contribution >= 4 is 5.97 Å². The molecule has 0 aliphatic heterocycles. The molecule has 0 rings (SSSR count). The number of carbonyl (C=O) groups excluding carboxylic acids is 1. The molecule has 1 N–H and O–H groups in total. The van der Waals surface area contributed by atoms with Crippen LogP contribution in [0.4, 0.5) is 0 Å². The molecule has 0 saturated heterocycles. The van der Waals surface area contributed by atoms with Gasteiger partial charge >= 0.3 is 5.97 Å². The number of esters is 1. The second kappa shape index (κ2) is 6.79. The lowest BCUT2D eigenvalue weighted by molar-refractivity contribution is -0.149. The predicted octanol–water partition coefficient (Wildman–Crippen LogP) is 0.812. The second-order valence-electron chi connectivity index (χ2n) is 4.38. The molecule has 0 aliphatic rings. The Morgan fingerprint density at radius 3 is 2.50 bits per heavy atom. The van der Waals surface area contributed by atoms with Crippen LogP contribution in [0.25, 0.3) is 0 Å². The van der Waals surface area contributed by atoms with E-state index in [1.54, 1.807) is 0 Å². The highest BCUT2D eigenvalue weighted by molar-refractivity contribution is 5.70. The molecule has 4 nitrogen and oxygen atoms in total. The van der Waals surface area contributed by atoms with E-state index in [1.807, 2.05) is 7.05 Å². The summed E-state index contributed by atoms with van der Waals surface area (Å²) in [4.78, 5) is 11.0. The zero-order valence-electron chi connectivity index (χ0n) is 9.55. The van der Waals surface area contributed by atoms with Crippen molar-refractivity contribution < 1.29 is 14.3 Å². The maximum atomic E-state index is 11.0. The summed E-state index contributed by atoms with van der Waals surface area (Å²) in [5.41, 5.74) is 0.0885. The van der Waals surface area contributed by atoms with E-state index >= 15 is 0 Å². The van der Waals surface area contributed by atoms with Crippen molar-refractivity contribution in [1.29, 1.82) is 0 Å². The smallest absolute Gasteiger partial charge is 0.332 e. The molecule has 0 spiro atoms. The molecule has 0 aliphatic carbocycles. The molecule has 4 heteroatoms. The Balaban J connectivity index is 3.36. The van der Waals surface area contributed by atoms with Gasteiger partial charge in [-0.3, -0.25) is 0 Å². The third kappa shape index (κ3) is 9.48. The van der Waals surface area contributed by atoms with E-state index in [2.05, 4.69) is 26.1 Å². The van der Waals surface area contributed by atoms with Crippen LogP contribution in [0.15, 0.2) is 0 Å². The van der Waals surface area contributed by atoms with Gasteiger partial charge in [0.15, 0.2) is 0 Å². The highest BCUT2D eigenvalue weighted by atomic mass is 16.6.